The number of nitrogens with one attached hydrogen (secondary N) is 1. The Morgan fingerprint density at radius 1 is 1.06 bits per heavy atom. The Balaban J connectivity index is 2.26. The first kappa shape index (κ1) is 26.0. The van der Waals surface area contributed by atoms with Gasteiger partial charge in [0.25, 0.3) is 5.91 Å². The number of nitrogens with zero attached hydrogens (tertiary/aromatic N) is 1. The van der Waals surface area contributed by atoms with E-state index >= 15 is 0 Å². The van der Waals surface area contributed by atoms with Gasteiger partial charge in [0.1, 0.15) is 11.8 Å². The van der Waals surface area contributed by atoms with Gasteiger partial charge in [-0.3, -0.25) is 9.59 Å². The summed E-state index contributed by atoms with van der Waals surface area (Å²) in [7, 11) is 0. The Morgan fingerprint density at radius 3 is 2.31 bits per heavy atom. The molecule has 7 heteroatoms. The molecule has 0 radical (unpaired) electrons. The molecule has 0 unspecified atom stereocenters. The molecule has 32 heavy (non-hydrogen) atoms. The van der Waals surface area contributed by atoms with Crippen molar-refractivity contribution in [2.75, 3.05) is 6.61 Å². The van der Waals surface area contributed by atoms with Crippen LogP contribution in [0.2, 0.25) is 10.0 Å². The van der Waals surface area contributed by atoms with Crippen molar-refractivity contribution >= 4 is 35.0 Å². The van der Waals surface area contributed by atoms with Crippen molar-refractivity contribution in [3.05, 3.63) is 62.6 Å². The average Bonchev–Trinajstić information content (AvgIpc) is 2.68. The molecule has 2 amide bonds. The van der Waals surface area contributed by atoms with E-state index in [2.05, 4.69) is 11.4 Å². The maximum Gasteiger partial charge on any atom is 0.261 e. The molecular formula is C25H32Cl2N2O3. The lowest BCUT2D eigenvalue weighted by Gasteiger charge is -2.31. The molecule has 0 aromatic heterocycles. The van der Waals surface area contributed by atoms with Crippen LogP contribution in [0.4, 0.5) is 0 Å². The van der Waals surface area contributed by atoms with E-state index in [1.807, 2.05) is 47.6 Å². The molecule has 0 spiro atoms. The molecule has 1 atom stereocenters. The molecule has 1 N–H and O–H groups in total. The standard InChI is InChI=1S/C25H32Cl2N2O3/c1-15-10-16(2)17(3)22(11-15)32-14-23(30)29(18(4)24(31)28-25(5,6)7)13-19-8-9-20(26)21(27)12-19/h8-12,18H,13-14H2,1-7H3,(H,28,31)/t18-/m1/s1. The van der Waals surface area contributed by atoms with Crippen molar-refractivity contribution < 1.29 is 14.3 Å². The van der Waals surface area contributed by atoms with Gasteiger partial charge in [0.05, 0.1) is 10.0 Å². The molecule has 0 saturated carbocycles. The molecule has 0 saturated heterocycles. The van der Waals surface area contributed by atoms with Crippen LogP contribution < -0.4 is 10.1 Å². The summed E-state index contributed by atoms with van der Waals surface area (Å²) in [6, 6.07) is 8.44. The second-order valence-electron chi connectivity index (χ2n) is 9.18. The molecule has 5 nitrogen and oxygen atoms in total. The molecule has 0 aliphatic heterocycles. The van der Waals surface area contributed by atoms with Gasteiger partial charge in [0, 0.05) is 12.1 Å². The number of aryl methyl sites for hydroxylation is 2. The summed E-state index contributed by atoms with van der Waals surface area (Å²) >= 11 is 12.2. The largest absolute Gasteiger partial charge is 0.483 e. The average molecular weight is 479 g/mol. The highest BCUT2D eigenvalue weighted by atomic mass is 35.5. The van der Waals surface area contributed by atoms with E-state index in [1.54, 1.807) is 25.1 Å². The van der Waals surface area contributed by atoms with E-state index < -0.39 is 11.6 Å². The van der Waals surface area contributed by atoms with E-state index in [4.69, 9.17) is 27.9 Å². The van der Waals surface area contributed by atoms with Gasteiger partial charge < -0.3 is 15.0 Å². The first-order valence-corrected chi connectivity index (χ1v) is 11.3. The second kappa shape index (κ2) is 10.6. The number of benzene rings is 2. The van der Waals surface area contributed by atoms with Gasteiger partial charge in [-0.05, 0) is 88.9 Å². The lowest BCUT2D eigenvalue weighted by atomic mass is 10.1. The van der Waals surface area contributed by atoms with E-state index in [1.165, 1.54) is 4.90 Å². The molecule has 2 rings (SSSR count). The summed E-state index contributed by atoms with van der Waals surface area (Å²) in [5.74, 6) is 0.122. The summed E-state index contributed by atoms with van der Waals surface area (Å²) in [4.78, 5) is 27.6. The van der Waals surface area contributed by atoms with Gasteiger partial charge in [-0.1, -0.05) is 35.3 Å². The van der Waals surface area contributed by atoms with Crippen LogP contribution in [0.25, 0.3) is 0 Å². The number of ether oxygens (including phenoxy) is 1. The molecule has 2 aromatic carbocycles. The summed E-state index contributed by atoms with van der Waals surface area (Å²) in [6.07, 6.45) is 0. The summed E-state index contributed by atoms with van der Waals surface area (Å²) in [5.41, 5.74) is 3.49. The lowest BCUT2D eigenvalue weighted by Crippen LogP contribution is -2.53. The summed E-state index contributed by atoms with van der Waals surface area (Å²) in [5, 5.41) is 3.76. The monoisotopic (exact) mass is 478 g/mol. The van der Waals surface area contributed by atoms with Crippen LogP contribution in [0.15, 0.2) is 30.3 Å². The highest BCUT2D eigenvalue weighted by Gasteiger charge is 2.29. The fraction of sp³-hybridized carbons (Fsp3) is 0.440. The molecular weight excluding hydrogens is 447 g/mol. The Morgan fingerprint density at radius 2 is 1.72 bits per heavy atom. The van der Waals surface area contributed by atoms with Crippen molar-refractivity contribution in [2.45, 2.75) is 66.6 Å². The normalized spacial score (nSPS) is 12.3. The summed E-state index contributed by atoms with van der Waals surface area (Å²) < 4.78 is 5.88. The maximum absolute atomic E-state index is 13.2. The molecule has 0 fully saturated rings. The van der Waals surface area contributed by atoms with Crippen LogP contribution in [-0.2, 0) is 16.1 Å². The van der Waals surface area contributed by atoms with Crippen molar-refractivity contribution in [1.82, 2.24) is 10.2 Å². The van der Waals surface area contributed by atoms with E-state index in [9.17, 15) is 9.59 Å². The number of rotatable bonds is 7. The minimum absolute atomic E-state index is 0.182. The quantitative estimate of drug-likeness (QED) is 0.560. The number of amides is 2. The predicted octanol–water partition coefficient (Wildman–Crippen LogP) is 5.63. The Bertz CT molecular complexity index is 999. The number of hydrogen-bond donors (Lipinski definition) is 1. The van der Waals surface area contributed by atoms with Gasteiger partial charge in [-0.2, -0.15) is 0 Å². The third-order valence-corrected chi connectivity index (χ3v) is 5.86. The number of carbonyl (C=O) groups excluding carboxylic acids is 2. The van der Waals surface area contributed by atoms with Gasteiger partial charge in [0.15, 0.2) is 6.61 Å². The topological polar surface area (TPSA) is 58.6 Å². The van der Waals surface area contributed by atoms with Gasteiger partial charge in [-0.25, -0.2) is 0 Å². The lowest BCUT2D eigenvalue weighted by molar-refractivity contribution is -0.142. The first-order chi connectivity index (χ1) is 14.8. The van der Waals surface area contributed by atoms with Crippen LogP contribution in [0.3, 0.4) is 0 Å². The maximum atomic E-state index is 13.2. The minimum Gasteiger partial charge on any atom is -0.483 e. The molecule has 0 aliphatic rings. The number of halogens is 2. The van der Waals surface area contributed by atoms with E-state index in [0.717, 1.165) is 22.3 Å². The zero-order valence-electron chi connectivity index (χ0n) is 19.8. The van der Waals surface area contributed by atoms with Crippen molar-refractivity contribution in [2.24, 2.45) is 0 Å². The first-order valence-electron chi connectivity index (χ1n) is 10.5. The SMILES string of the molecule is Cc1cc(C)c(C)c(OCC(=O)N(Cc2ccc(Cl)c(Cl)c2)[C@H](C)C(=O)NC(C)(C)C)c1. The Kier molecular flexibility index (Phi) is 8.60. The molecule has 2 aromatic rings. The minimum atomic E-state index is -0.708. The molecule has 0 aliphatic carbocycles. The number of carbonyl (C=O) groups is 2. The highest BCUT2D eigenvalue weighted by molar-refractivity contribution is 6.42. The van der Waals surface area contributed by atoms with Crippen LogP contribution in [0.5, 0.6) is 5.75 Å². The molecule has 0 bridgehead atoms. The van der Waals surface area contributed by atoms with Gasteiger partial charge in [0.2, 0.25) is 5.91 Å². The molecule has 0 heterocycles. The van der Waals surface area contributed by atoms with Crippen LogP contribution >= 0.6 is 23.2 Å². The third-order valence-electron chi connectivity index (χ3n) is 5.12. The van der Waals surface area contributed by atoms with Crippen LogP contribution in [0.1, 0.15) is 49.9 Å². The predicted molar refractivity (Wildman–Crippen MR) is 131 cm³/mol. The van der Waals surface area contributed by atoms with E-state index in [-0.39, 0.29) is 25.0 Å². The Hall–Kier alpha value is -2.24. The number of hydrogen-bond acceptors (Lipinski definition) is 3. The Labute approximate surface area is 201 Å². The van der Waals surface area contributed by atoms with Crippen molar-refractivity contribution in [1.29, 1.82) is 0 Å². The van der Waals surface area contributed by atoms with Gasteiger partial charge in [-0.15, -0.1) is 0 Å². The van der Waals surface area contributed by atoms with Crippen LogP contribution in [0, 0.1) is 20.8 Å². The van der Waals surface area contributed by atoms with E-state index in [0.29, 0.717) is 15.8 Å². The van der Waals surface area contributed by atoms with Crippen molar-refractivity contribution in [3.63, 3.8) is 0 Å². The zero-order chi connectivity index (χ0) is 24.2. The van der Waals surface area contributed by atoms with Crippen LogP contribution in [-0.4, -0.2) is 34.9 Å². The zero-order valence-corrected chi connectivity index (χ0v) is 21.3. The fourth-order valence-electron chi connectivity index (χ4n) is 3.26. The third kappa shape index (κ3) is 7.14. The van der Waals surface area contributed by atoms with Gasteiger partial charge >= 0.3 is 0 Å². The smallest absolute Gasteiger partial charge is 0.261 e. The summed E-state index contributed by atoms with van der Waals surface area (Å²) in [6.45, 7) is 13.4. The molecule has 174 valence electrons. The fourth-order valence-corrected chi connectivity index (χ4v) is 3.59. The second-order valence-corrected chi connectivity index (χ2v) is 9.99. The highest BCUT2D eigenvalue weighted by Crippen LogP contribution is 2.25. The van der Waals surface area contributed by atoms with Crippen molar-refractivity contribution in [3.8, 4) is 5.75 Å².